The van der Waals surface area contributed by atoms with Crippen LogP contribution in [-0.2, 0) is 19.4 Å². The molecule has 0 spiro atoms. The molecule has 0 fully saturated rings. The van der Waals surface area contributed by atoms with Crippen molar-refractivity contribution in [2.75, 3.05) is 18.5 Å². The van der Waals surface area contributed by atoms with E-state index in [4.69, 9.17) is 10.7 Å². The Bertz CT molecular complexity index is 524. The maximum Gasteiger partial charge on any atom is 0.185 e. The van der Waals surface area contributed by atoms with Crippen LogP contribution in [0.3, 0.4) is 0 Å². The van der Waals surface area contributed by atoms with Crippen molar-refractivity contribution >= 4 is 16.5 Å². The van der Waals surface area contributed by atoms with Crippen LogP contribution in [0.4, 0.5) is 5.13 Å². The Kier molecular flexibility index (Phi) is 5.49. The highest BCUT2D eigenvalue weighted by Gasteiger charge is 2.12. The Balaban J connectivity index is 2.00. The highest BCUT2D eigenvalue weighted by molar-refractivity contribution is 7.15. The van der Waals surface area contributed by atoms with Gasteiger partial charge in [0.05, 0.1) is 5.69 Å². The summed E-state index contributed by atoms with van der Waals surface area (Å²) in [7, 11) is 2.09. The van der Waals surface area contributed by atoms with E-state index < -0.39 is 0 Å². The monoisotopic (exact) mass is 290 g/mol. The van der Waals surface area contributed by atoms with Crippen LogP contribution in [0.1, 0.15) is 29.5 Å². The molecule has 2 aromatic rings. The second kappa shape index (κ2) is 7.36. The van der Waals surface area contributed by atoms with E-state index in [1.54, 1.807) is 11.3 Å². The molecule has 0 radical (unpaired) electrons. The first kappa shape index (κ1) is 14.9. The first-order valence-corrected chi connectivity index (χ1v) is 7.85. The minimum absolute atomic E-state index is 0.588. The molecule has 0 saturated heterocycles. The normalized spacial score (nSPS) is 10.8. The molecular formula is C15H22N4S. The van der Waals surface area contributed by atoms with Crippen molar-refractivity contribution < 1.29 is 0 Å². The maximum absolute atomic E-state index is 5.80. The number of anilines is 1. The zero-order valence-corrected chi connectivity index (χ0v) is 13.0. The smallest absolute Gasteiger partial charge is 0.185 e. The highest BCUT2D eigenvalue weighted by Crippen LogP contribution is 2.26. The molecule has 0 unspecified atom stereocenters. The molecule has 0 aliphatic heterocycles. The molecule has 2 N–H and O–H groups in total. The third kappa shape index (κ3) is 3.77. The fraction of sp³-hybridized carbons (Fsp3) is 0.467. The van der Waals surface area contributed by atoms with E-state index in [0.717, 1.165) is 30.9 Å². The van der Waals surface area contributed by atoms with E-state index >= 15 is 0 Å². The van der Waals surface area contributed by atoms with Crippen LogP contribution >= 0.6 is 11.3 Å². The molecule has 4 nitrogen and oxygen atoms in total. The van der Waals surface area contributed by atoms with Gasteiger partial charge in [0.2, 0.25) is 0 Å². The van der Waals surface area contributed by atoms with E-state index in [9.17, 15) is 0 Å². The number of aryl methyl sites for hydroxylation is 1. The molecule has 0 aliphatic rings. The van der Waals surface area contributed by atoms with Gasteiger partial charge < -0.3 is 10.6 Å². The van der Waals surface area contributed by atoms with Crippen LogP contribution < -0.4 is 10.6 Å². The van der Waals surface area contributed by atoms with Crippen LogP contribution in [0.2, 0.25) is 0 Å². The molecule has 0 aliphatic carbocycles. The second-order valence-electron chi connectivity index (χ2n) is 4.85. The zero-order valence-electron chi connectivity index (χ0n) is 12.2. The summed E-state index contributed by atoms with van der Waals surface area (Å²) in [6.45, 7) is 3.71. The summed E-state index contributed by atoms with van der Waals surface area (Å²) in [5.41, 5.74) is 8.28. The topological polar surface area (TPSA) is 55.0 Å². The summed E-state index contributed by atoms with van der Waals surface area (Å²) in [5.74, 6) is 0. The third-order valence-corrected chi connectivity index (χ3v) is 4.49. The Labute approximate surface area is 124 Å². The fourth-order valence-electron chi connectivity index (χ4n) is 2.07. The van der Waals surface area contributed by atoms with Gasteiger partial charge in [0.25, 0.3) is 0 Å². The highest BCUT2D eigenvalue weighted by atomic mass is 32.1. The van der Waals surface area contributed by atoms with Crippen molar-refractivity contribution in [3.8, 4) is 0 Å². The van der Waals surface area contributed by atoms with Crippen molar-refractivity contribution in [3.63, 3.8) is 0 Å². The molecule has 108 valence electrons. The van der Waals surface area contributed by atoms with Crippen LogP contribution in [-0.4, -0.2) is 23.6 Å². The summed E-state index contributed by atoms with van der Waals surface area (Å²) >= 11 is 1.72. The van der Waals surface area contributed by atoms with Gasteiger partial charge in [0, 0.05) is 37.4 Å². The number of nitrogens with two attached hydrogens (primary N) is 1. The lowest BCUT2D eigenvalue weighted by atomic mass is 10.2. The van der Waals surface area contributed by atoms with E-state index in [0.29, 0.717) is 6.54 Å². The molecule has 2 aromatic heterocycles. The molecule has 0 bridgehead atoms. The van der Waals surface area contributed by atoms with Crippen molar-refractivity contribution in [1.29, 1.82) is 0 Å². The van der Waals surface area contributed by atoms with Crippen molar-refractivity contribution in [2.45, 2.75) is 32.7 Å². The van der Waals surface area contributed by atoms with E-state index in [1.807, 2.05) is 12.4 Å². The Hall–Kier alpha value is -1.46. The predicted octanol–water partition coefficient (Wildman–Crippen LogP) is 2.63. The van der Waals surface area contributed by atoms with Gasteiger partial charge >= 0.3 is 0 Å². The van der Waals surface area contributed by atoms with E-state index in [1.165, 1.54) is 16.1 Å². The van der Waals surface area contributed by atoms with Gasteiger partial charge in [-0.1, -0.05) is 13.3 Å². The summed E-state index contributed by atoms with van der Waals surface area (Å²) < 4.78 is 0. The number of nitrogens with zero attached hydrogens (tertiary/aromatic N) is 3. The SMILES string of the molecule is CCCc1nc(N(C)CCc2ccncc2)sc1CN. The lowest BCUT2D eigenvalue weighted by molar-refractivity contribution is 0.843. The molecule has 2 heterocycles. The predicted molar refractivity (Wildman–Crippen MR) is 85.2 cm³/mol. The quantitative estimate of drug-likeness (QED) is 0.851. The first-order chi connectivity index (χ1) is 9.74. The van der Waals surface area contributed by atoms with Crippen LogP contribution in [0, 0.1) is 0 Å². The maximum atomic E-state index is 5.80. The molecule has 0 saturated carbocycles. The van der Waals surface area contributed by atoms with Gasteiger partial charge in [0.1, 0.15) is 0 Å². The number of pyridine rings is 1. The molecule has 0 amide bonds. The van der Waals surface area contributed by atoms with Crippen molar-refractivity contribution in [3.05, 3.63) is 40.7 Å². The largest absolute Gasteiger partial charge is 0.351 e. The van der Waals surface area contributed by atoms with Crippen molar-refractivity contribution in [1.82, 2.24) is 9.97 Å². The number of hydrogen-bond acceptors (Lipinski definition) is 5. The first-order valence-electron chi connectivity index (χ1n) is 7.03. The number of aromatic nitrogens is 2. The second-order valence-corrected chi connectivity index (χ2v) is 5.91. The number of thiazole rings is 1. The van der Waals surface area contributed by atoms with Gasteiger partial charge in [-0.05, 0) is 30.5 Å². The van der Waals surface area contributed by atoms with E-state index in [2.05, 4.69) is 36.0 Å². The van der Waals surface area contributed by atoms with Gasteiger partial charge in [-0.15, -0.1) is 11.3 Å². The lowest BCUT2D eigenvalue weighted by Crippen LogP contribution is -2.20. The Morgan fingerprint density at radius 1 is 1.25 bits per heavy atom. The number of likely N-dealkylation sites (N-methyl/N-ethyl adjacent to an activating group) is 1. The minimum atomic E-state index is 0.588. The summed E-state index contributed by atoms with van der Waals surface area (Å²) in [5, 5.41) is 1.07. The average Bonchev–Trinajstić information content (AvgIpc) is 2.89. The Morgan fingerprint density at radius 2 is 2.00 bits per heavy atom. The molecular weight excluding hydrogens is 268 g/mol. The summed E-state index contributed by atoms with van der Waals surface area (Å²) in [6.07, 6.45) is 6.80. The number of hydrogen-bond donors (Lipinski definition) is 1. The molecule has 0 aromatic carbocycles. The number of rotatable bonds is 7. The molecule has 20 heavy (non-hydrogen) atoms. The van der Waals surface area contributed by atoms with E-state index in [-0.39, 0.29) is 0 Å². The van der Waals surface area contributed by atoms with Gasteiger partial charge in [-0.25, -0.2) is 4.98 Å². The van der Waals surface area contributed by atoms with Crippen LogP contribution in [0.5, 0.6) is 0 Å². The Morgan fingerprint density at radius 3 is 2.65 bits per heavy atom. The summed E-state index contributed by atoms with van der Waals surface area (Å²) in [4.78, 5) is 12.2. The molecule has 0 atom stereocenters. The third-order valence-electron chi connectivity index (χ3n) is 3.25. The van der Waals surface area contributed by atoms with Gasteiger partial charge in [-0.2, -0.15) is 0 Å². The average molecular weight is 290 g/mol. The van der Waals surface area contributed by atoms with Crippen molar-refractivity contribution in [2.24, 2.45) is 5.73 Å². The summed E-state index contributed by atoms with van der Waals surface area (Å²) in [6, 6.07) is 4.12. The molecule has 2 rings (SSSR count). The van der Waals surface area contributed by atoms with Gasteiger partial charge in [0.15, 0.2) is 5.13 Å². The molecule has 5 heteroatoms. The van der Waals surface area contributed by atoms with Gasteiger partial charge in [-0.3, -0.25) is 4.98 Å². The minimum Gasteiger partial charge on any atom is -0.351 e. The van der Waals surface area contributed by atoms with Crippen LogP contribution in [0.25, 0.3) is 0 Å². The zero-order chi connectivity index (χ0) is 14.4. The van der Waals surface area contributed by atoms with Crippen LogP contribution in [0.15, 0.2) is 24.5 Å². The standard InChI is InChI=1S/C15H22N4S/c1-3-4-13-14(11-16)20-15(18-13)19(2)10-7-12-5-8-17-9-6-12/h5-6,8-9H,3-4,7,10-11,16H2,1-2H3. The fourth-order valence-corrected chi connectivity index (χ4v) is 3.04. The lowest BCUT2D eigenvalue weighted by Gasteiger charge is -2.15.